The Labute approximate surface area is 209 Å². The molecule has 0 unspecified atom stereocenters. The van der Waals surface area contributed by atoms with Crippen molar-refractivity contribution >= 4 is 11.6 Å². The van der Waals surface area contributed by atoms with Crippen LogP contribution in [0.15, 0.2) is 66.9 Å². The molecule has 2 N–H and O–H groups in total. The molecule has 2 aromatic carbocycles. The van der Waals surface area contributed by atoms with E-state index in [1.165, 1.54) is 6.20 Å². The summed E-state index contributed by atoms with van der Waals surface area (Å²) in [7, 11) is 0. The molecule has 3 aromatic rings. The minimum atomic E-state index is -1.81. The van der Waals surface area contributed by atoms with Crippen LogP contribution in [0.4, 0.5) is 0 Å². The highest BCUT2D eigenvalue weighted by molar-refractivity contribution is 6.30. The zero-order valence-electron chi connectivity index (χ0n) is 19.1. The molecule has 3 heterocycles. The summed E-state index contributed by atoms with van der Waals surface area (Å²) in [5, 5.41) is 34.3. The second-order valence-corrected chi connectivity index (χ2v) is 10.2. The van der Waals surface area contributed by atoms with E-state index in [1.54, 1.807) is 18.2 Å². The molecule has 1 saturated heterocycles. The number of ether oxygens (including phenoxy) is 1. The van der Waals surface area contributed by atoms with Gasteiger partial charge in [0.1, 0.15) is 11.4 Å². The Balaban J connectivity index is 1.61. The summed E-state index contributed by atoms with van der Waals surface area (Å²) in [4.78, 5) is 6.85. The Morgan fingerprint density at radius 2 is 1.83 bits per heavy atom. The number of halogens is 1. The summed E-state index contributed by atoms with van der Waals surface area (Å²) in [6.45, 7) is 2.57. The van der Waals surface area contributed by atoms with Crippen molar-refractivity contribution in [1.29, 1.82) is 5.26 Å². The first kappa shape index (κ1) is 22.5. The topological polar surface area (TPSA) is 89.6 Å². The van der Waals surface area contributed by atoms with Crippen molar-refractivity contribution in [2.75, 3.05) is 19.6 Å². The lowest BCUT2D eigenvalue weighted by Gasteiger charge is -2.40. The van der Waals surface area contributed by atoms with Gasteiger partial charge in [-0.1, -0.05) is 54.1 Å². The van der Waals surface area contributed by atoms with Crippen molar-refractivity contribution in [2.24, 2.45) is 5.92 Å². The van der Waals surface area contributed by atoms with Gasteiger partial charge in [0.05, 0.1) is 22.8 Å². The number of hydrogen-bond donors (Lipinski definition) is 2. The van der Waals surface area contributed by atoms with Crippen LogP contribution in [0.1, 0.15) is 41.1 Å². The summed E-state index contributed by atoms with van der Waals surface area (Å²) in [6, 6.07) is 20.8. The normalized spacial score (nSPS) is 31.5. The molecule has 7 heteroatoms. The lowest BCUT2D eigenvalue weighted by Crippen LogP contribution is -2.52. The van der Waals surface area contributed by atoms with Gasteiger partial charge in [-0.25, -0.2) is 0 Å². The number of rotatable bonds is 4. The third-order valence-electron chi connectivity index (χ3n) is 7.99. The quantitative estimate of drug-likeness (QED) is 0.579. The van der Waals surface area contributed by atoms with Gasteiger partial charge in [-0.15, -0.1) is 0 Å². The van der Waals surface area contributed by atoms with Gasteiger partial charge in [0.15, 0.2) is 11.2 Å². The number of hydrogen-bond acceptors (Lipinski definition) is 6. The SMILES string of the molecule is N#Cc1ccc([C@@]23Oc4cc(Cl)cnc4[C@]2(O)[C@@H](O)[C@H](CN2CCCC2)[C@H]3c2ccccc2)cc1. The van der Waals surface area contributed by atoms with Gasteiger partial charge < -0.3 is 19.8 Å². The molecule has 3 aliphatic rings. The molecule has 5 atom stereocenters. The summed E-state index contributed by atoms with van der Waals surface area (Å²) < 4.78 is 6.74. The van der Waals surface area contributed by atoms with Gasteiger partial charge in [-0.05, 0) is 49.2 Å². The average Bonchev–Trinajstić information content (AvgIpc) is 3.53. The first-order chi connectivity index (χ1) is 17.0. The van der Waals surface area contributed by atoms with Crippen LogP contribution in [0.3, 0.4) is 0 Å². The Bertz CT molecular complexity index is 1290. The van der Waals surface area contributed by atoms with E-state index in [1.807, 2.05) is 42.5 Å². The van der Waals surface area contributed by atoms with Crippen molar-refractivity contribution in [3.05, 3.63) is 94.3 Å². The number of nitriles is 1. The Morgan fingerprint density at radius 1 is 1.11 bits per heavy atom. The zero-order chi connectivity index (χ0) is 24.2. The number of aliphatic hydroxyl groups is 2. The molecule has 1 aliphatic carbocycles. The monoisotopic (exact) mass is 487 g/mol. The van der Waals surface area contributed by atoms with Crippen molar-refractivity contribution in [3.8, 4) is 11.8 Å². The van der Waals surface area contributed by atoms with Gasteiger partial charge in [0.25, 0.3) is 0 Å². The number of pyridine rings is 1. The second-order valence-electron chi connectivity index (χ2n) is 9.80. The van der Waals surface area contributed by atoms with E-state index in [0.29, 0.717) is 34.1 Å². The van der Waals surface area contributed by atoms with Crippen LogP contribution in [-0.4, -0.2) is 45.8 Å². The number of aromatic nitrogens is 1. The van der Waals surface area contributed by atoms with Gasteiger partial charge in [-0.2, -0.15) is 5.26 Å². The molecular formula is C28H26ClN3O3. The maximum Gasteiger partial charge on any atom is 0.181 e. The molecule has 0 amide bonds. The van der Waals surface area contributed by atoms with E-state index in [-0.39, 0.29) is 11.8 Å². The number of fused-ring (bicyclic) bond motifs is 3. The fourth-order valence-corrected chi connectivity index (χ4v) is 6.68. The molecular weight excluding hydrogens is 462 g/mol. The third-order valence-corrected chi connectivity index (χ3v) is 8.19. The van der Waals surface area contributed by atoms with Crippen LogP contribution < -0.4 is 4.74 Å². The fraction of sp³-hybridized carbons (Fsp3) is 0.357. The summed E-state index contributed by atoms with van der Waals surface area (Å²) in [5.74, 6) is -0.337. The van der Waals surface area contributed by atoms with Crippen molar-refractivity contribution in [3.63, 3.8) is 0 Å². The van der Waals surface area contributed by atoms with Crippen LogP contribution in [-0.2, 0) is 11.2 Å². The molecule has 0 radical (unpaired) electrons. The Morgan fingerprint density at radius 3 is 2.51 bits per heavy atom. The predicted octanol–water partition coefficient (Wildman–Crippen LogP) is 3.95. The molecule has 1 aromatic heterocycles. The van der Waals surface area contributed by atoms with E-state index in [0.717, 1.165) is 31.5 Å². The van der Waals surface area contributed by atoms with Gasteiger partial charge in [0, 0.05) is 30.6 Å². The predicted molar refractivity (Wildman–Crippen MR) is 131 cm³/mol. The van der Waals surface area contributed by atoms with E-state index >= 15 is 0 Å². The molecule has 6 nitrogen and oxygen atoms in total. The number of aliphatic hydroxyl groups excluding tert-OH is 1. The molecule has 2 aliphatic heterocycles. The number of nitrogens with zero attached hydrogens (tertiary/aromatic N) is 3. The maximum absolute atomic E-state index is 12.6. The average molecular weight is 488 g/mol. The second kappa shape index (κ2) is 8.32. The highest BCUT2D eigenvalue weighted by Crippen LogP contribution is 2.68. The minimum absolute atomic E-state index is 0.295. The molecule has 2 fully saturated rings. The Hall–Kier alpha value is -2.95. The van der Waals surface area contributed by atoms with Crippen LogP contribution in [0.25, 0.3) is 0 Å². The number of benzene rings is 2. The van der Waals surface area contributed by atoms with E-state index in [4.69, 9.17) is 16.3 Å². The molecule has 35 heavy (non-hydrogen) atoms. The molecule has 0 spiro atoms. The highest BCUT2D eigenvalue weighted by atomic mass is 35.5. The lowest BCUT2D eigenvalue weighted by atomic mass is 9.71. The first-order valence-electron chi connectivity index (χ1n) is 12.0. The van der Waals surface area contributed by atoms with Crippen molar-refractivity contribution < 1.29 is 14.9 Å². The minimum Gasteiger partial charge on any atom is -0.476 e. The van der Waals surface area contributed by atoms with Crippen molar-refractivity contribution in [1.82, 2.24) is 9.88 Å². The Kier molecular flexibility index (Phi) is 5.35. The van der Waals surface area contributed by atoms with Crippen LogP contribution in [0.2, 0.25) is 5.02 Å². The third kappa shape index (κ3) is 3.16. The van der Waals surface area contributed by atoms with E-state index in [9.17, 15) is 15.5 Å². The van der Waals surface area contributed by atoms with Gasteiger partial charge in [-0.3, -0.25) is 4.98 Å². The summed E-state index contributed by atoms with van der Waals surface area (Å²) in [6.07, 6.45) is 2.60. The highest BCUT2D eigenvalue weighted by Gasteiger charge is 2.76. The lowest BCUT2D eigenvalue weighted by molar-refractivity contribution is -0.153. The molecule has 0 bridgehead atoms. The van der Waals surface area contributed by atoms with Crippen LogP contribution in [0.5, 0.6) is 5.75 Å². The first-order valence-corrected chi connectivity index (χ1v) is 12.4. The number of likely N-dealkylation sites (tertiary alicyclic amines) is 1. The fourth-order valence-electron chi connectivity index (χ4n) is 6.53. The molecule has 6 rings (SSSR count). The zero-order valence-corrected chi connectivity index (χ0v) is 19.9. The van der Waals surface area contributed by atoms with Crippen molar-refractivity contribution in [2.45, 2.75) is 36.1 Å². The van der Waals surface area contributed by atoms with Gasteiger partial charge >= 0.3 is 0 Å². The standard InChI is InChI=1S/C28H26ClN3O3/c29-21-14-23-25(31-16-21)27(34)26(33)22(17-32-12-4-5-13-32)24(19-6-2-1-3-7-19)28(27,35-23)20-10-8-18(15-30)9-11-20/h1-3,6-11,14,16,22,24,26,33-34H,4-5,12-13,17H2/t22-,24-,26+,27+,28+/m1/s1. The van der Waals surface area contributed by atoms with Crippen LogP contribution >= 0.6 is 11.6 Å². The molecule has 178 valence electrons. The van der Waals surface area contributed by atoms with Gasteiger partial charge in [0.2, 0.25) is 0 Å². The molecule has 1 saturated carbocycles. The van der Waals surface area contributed by atoms with E-state index in [2.05, 4.69) is 16.0 Å². The largest absolute Gasteiger partial charge is 0.476 e. The smallest absolute Gasteiger partial charge is 0.181 e. The maximum atomic E-state index is 12.6. The summed E-state index contributed by atoms with van der Waals surface area (Å²) >= 11 is 6.26. The van der Waals surface area contributed by atoms with E-state index < -0.39 is 17.3 Å². The van der Waals surface area contributed by atoms with Crippen LogP contribution in [0, 0.1) is 17.2 Å². The summed E-state index contributed by atoms with van der Waals surface area (Å²) in [5.41, 5.74) is -0.713.